The van der Waals surface area contributed by atoms with Crippen molar-refractivity contribution in [1.82, 2.24) is 29.5 Å². The van der Waals surface area contributed by atoms with Gasteiger partial charge in [0.05, 0.1) is 17.1 Å². The van der Waals surface area contributed by atoms with Crippen LogP contribution in [-0.2, 0) is 13.1 Å². The molecule has 3 aromatic heterocycles. The second kappa shape index (κ2) is 7.69. The van der Waals surface area contributed by atoms with Crippen LogP contribution in [0.25, 0.3) is 10.8 Å². The Kier molecular flexibility index (Phi) is 5.14. The zero-order chi connectivity index (χ0) is 17.9. The molecule has 1 saturated heterocycles. The van der Waals surface area contributed by atoms with Gasteiger partial charge >= 0.3 is 0 Å². The predicted molar refractivity (Wildman–Crippen MR) is 101 cm³/mol. The summed E-state index contributed by atoms with van der Waals surface area (Å²) >= 11 is 1.69. The van der Waals surface area contributed by atoms with Gasteiger partial charge in [0.15, 0.2) is 0 Å². The van der Waals surface area contributed by atoms with E-state index < -0.39 is 0 Å². The summed E-state index contributed by atoms with van der Waals surface area (Å²) in [6.45, 7) is 11.1. The van der Waals surface area contributed by atoms with E-state index in [0.29, 0.717) is 0 Å². The molecule has 0 aliphatic carbocycles. The first kappa shape index (κ1) is 17.4. The summed E-state index contributed by atoms with van der Waals surface area (Å²) in [6.07, 6.45) is 3.36. The van der Waals surface area contributed by atoms with Crippen molar-refractivity contribution in [2.45, 2.75) is 26.9 Å². The van der Waals surface area contributed by atoms with Crippen LogP contribution < -0.4 is 0 Å². The van der Waals surface area contributed by atoms with Crippen molar-refractivity contribution >= 4 is 11.3 Å². The van der Waals surface area contributed by atoms with E-state index in [2.05, 4.69) is 38.3 Å². The Bertz CT molecular complexity index is 832. The van der Waals surface area contributed by atoms with Gasteiger partial charge in [-0.1, -0.05) is 0 Å². The standard InChI is InChI=1S/C18H24N6OS/c1-14-3-10-26-17(14)18-21-16(15(2)25-18)11-23-6-4-22(5-7-23)8-9-24-13-19-12-20-24/h3,10,12-13H,4-9,11H2,1-2H3. The van der Waals surface area contributed by atoms with Crippen LogP contribution in [0.15, 0.2) is 28.5 Å². The first-order valence-electron chi connectivity index (χ1n) is 8.97. The molecule has 0 bridgehead atoms. The van der Waals surface area contributed by atoms with Crippen LogP contribution in [0.5, 0.6) is 0 Å². The quantitative estimate of drug-likeness (QED) is 0.662. The molecule has 1 aliphatic heterocycles. The van der Waals surface area contributed by atoms with E-state index in [1.165, 1.54) is 5.56 Å². The summed E-state index contributed by atoms with van der Waals surface area (Å²) in [5.74, 6) is 1.69. The minimum atomic E-state index is 0.761. The lowest BCUT2D eigenvalue weighted by molar-refractivity contribution is 0.122. The molecule has 7 nitrogen and oxygen atoms in total. The highest BCUT2D eigenvalue weighted by atomic mass is 32.1. The van der Waals surface area contributed by atoms with E-state index in [0.717, 1.165) is 68.0 Å². The van der Waals surface area contributed by atoms with Gasteiger partial charge in [0.2, 0.25) is 5.89 Å². The zero-order valence-corrected chi connectivity index (χ0v) is 16.1. The van der Waals surface area contributed by atoms with Crippen LogP contribution >= 0.6 is 11.3 Å². The van der Waals surface area contributed by atoms with Crippen molar-refractivity contribution in [3.05, 3.63) is 41.1 Å². The van der Waals surface area contributed by atoms with Gasteiger partial charge < -0.3 is 4.42 Å². The highest BCUT2D eigenvalue weighted by molar-refractivity contribution is 7.13. The second-order valence-electron chi connectivity index (χ2n) is 6.73. The molecule has 0 amide bonds. The average Bonchev–Trinajstić information content (AvgIpc) is 3.37. The molecule has 0 atom stereocenters. The smallest absolute Gasteiger partial charge is 0.237 e. The van der Waals surface area contributed by atoms with Crippen LogP contribution in [0.1, 0.15) is 17.0 Å². The van der Waals surface area contributed by atoms with E-state index in [4.69, 9.17) is 9.40 Å². The molecule has 0 saturated carbocycles. The van der Waals surface area contributed by atoms with Crippen LogP contribution in [0.4, 0.5) is 0 Å². The van der Waals surface area contributed by atoms with E-state index in [1.54, 1.807) is 24.0 Å². The van der Waals surface area contributed by atoms with Gasteiger partial charge in [-0.2, -0.15) is 5.10 Å². The molecular weight excluding hydrogens is 348 g/mol. The van der Waals surface area contributed by atoms with Gasteiger partial charge in [-0.05, 0) is 30.9 Å². The van der Waals surface area contributed by atoms with Crippen molar-refractivity contribution in [3.63, 3.8) is 0 Å². The molecule has 4 rings (SSSR count). The van der Waals surface area contributed by atoms with Crippen molar-refractivity contribution < 1.29 is 4.42 Å². The number of nitrogens with zero attached hydrogens (tertiary/aromatic N) is 6. The molecule has 0 N–H and O–H groups in total. The van der Waals surface area contributed by atoms with Crippen molar-refractivity contribution in [3.8, 4) is 10.8 Å². The van der Waals surface area contributed by atoms with E-state index in [1.807, 2.05) is 11.6 Å². The lowest BCUT2D eigenvalue weighted by atomic mass is 10.2. The Labute approximate surface area is 157 Å². The minimum absolute atomic E-state index is 0.761. The lowest BCUT2D eigenvalue weighted by Crippen LogP contribution is -2.46. The molecule has 8 heteroatoms. The number of hydrogen-bond donors (Lipinski definition) is 0. The number of aryl methyl sites for hydroxylation is 2. The fourth-order valence-corrected chi connectivity index (χ4v) is 4.09. The number of thiophene rings is 1. The third kappa shape index (κ3) is 3.87. The Morgan fingerprint density at radius 3 is 2.62 bits per heavy atom. The Morgan fingerprint density at radius 2 is 1.92 bits per heavy atom. The molecule has 26 heavy (non-hydrogen) atoms. The molecule has 1 fully saturated rings. The fourth-order valence-electron chi connectivity index (χ4n) is 3.24. The number of rotatable bonds is 6. The molecule has 3 aromatic rings. The predicted octanol–water partition coefficient (Wildman–Crippen LogP) is 2.43. The van der Waals surface area contributed by atoms with Crippen LogP contribution in [-0.4, -0.2) is 62.3 Å². The molecule has 0 aromatic carbocycles. The first-order chi connectivity index (χ1) is 12.7. The molecule has 1 aliphatic rings. The maximum Gasteiger partial charge on any atom is 0.237 e. The maximum absolute atomic E-state index is 5.93. The minimum Gasteiger partial charge on any atom is -0.440 e. The summed E-state index contributed by atoms with van der Waals surface area (Å²) in [6, 6.07) is 2.11. The Hall–Kier alpha value is -2.03. The van der Waals surface area contributed by atoms with Crippen LogP contribution in [0.2, 0.25) is 0 Å². The molecule has 138 valence electrons. The monoisotopic (exact) mass is 372 g/mol. The first-order valence-corrected chi connectivity index (χ1v) is 9.85. The number of aromatic nitrogens is 4. The largest absolute Gasteiger partial charge is 0.440 e. The average molecular weight is 372 g/mol. The highest BCUT2D eigenvalue weighted by Crippen LogP contribution is 2.30. The topological polar surface area (TPSA) is 63.2 Å². The fraction of sp³-hybridized carbons (Fsp3) is 0.500. The van der Waals surface area contributed by atoms with Gasteiger partial charge in [-0.3, -0.25) is 14.5 Å². The van der Waals surface area contributed by atoms with Gasteiger partial charge in [0.25, 0.3) is 0 Å². The molecule has 0 spiro atoms. The third-order valence-electron chi connectivity index (χ3n) is 4.90. The summed E-state index contributed by atoms with van der Waals surface area (Å²) < 4.78 is 7.82. The van der Waals surface area contributed by atoms with Crippen molar-refractivity contribution in [2.75, 3.05) is 32.7 Å². The third-order valence-corrected chi connectivity index (χ3v) is 5.90. The zero-order valence-electron chi connectivity index (χ0n) is 15.3. The van der Waals surface area contributed by atoms with Gasteiger partial charge in [0, 0.05) is 39.3 Å². The molecule has 0 unspecified atom stereocenters. The molecule has 4 heterocycles. The van der Waals surface area contributed by atoms with Gasteiger partial charge in [-0.15, -0.1) is 11.3 Å². The van der Waals surface area contributed by atoms with Crippen LogP contribution in [0.3, 0.4) is 0 Å². The van der Waals surface area contributed by atoms with E-state index in [-0.39, 0.29) is 0 Å². The van der Waals surface area contributed by atoms with E-state index in [9.17, 15) is 0 Å². The number of oxazole rings is 1. The van der Waals surface area contributed by atoms with Crippen molar-refractivity contribution in [1.29, 1.82) is 0 Å². The Balaban J connectivity index is 1.30. The molecule has 0 radical (unpaired) electrons. The SMILES string of the molecule is Cc1ccsc1-c1nc(CN2CCN(CCn3cncn3)CC2)c(C)o1. The van der Waals surface area contributed by atoms with Crippen molar-refractivity contribution in [2.24, 2.45) is 0 Å². The summed E-state index contributed by atoms with van der Waals surface area (Å²) in [5.41, 5.74) is 2.28. The number of piperazine rings is 1. The highest BCUT2D eigenvalue weighted by Gasteiger charge is 2.20. The Morgan fingerprint density at radius 1 is 1.12 bits per heavy atom. The maximum atomic E-state index is 5.93. The summed E-state index contributed by atoms with van der Waals surface area (Å²) in [5, 5.41) is 6.25. The van der Waals surface area contributed by atoms with Crippen LogP contribution in [0, 0.1) is 13.8 Å². The van der Waals surface area contributed by atoms with Gasteiger partial charge in [0.1, 0.15) is 18.4 Å². The normalized spacial score (nSPS) is 16.4. The summed E-state index contributed by atoms with van der Waals surface area (Å²) in [7, 11) is 0. The second-order valence-corrected chi connectivity index (χ2v) is 7.65. The summed E-state index contributed by atoms with van der Waals surface area (Å²) in [4.78, 5) is 14.8. The van der Waals surface area contributed by atoms with Gasteiger partial charge in [-0.25, -0.2) is 9.97 Å². The van der Waals surface area contributed by atoms with E-state index >= 15 is 0 Å². The lowest BCUT2D eigenvalue weighted by Gasteiger charge is -2.34. The number of hydrogen-bond acceptors (Lipinski definition) is 7. The molecular formula is C18H24N6OS.